The molecule has 4 aromatic rings. The molecule has 3 aromatic carbocycles. The van der Waals surface area contributed by atoms with Crippen LogP contribution in [-0.2, 0) is 0 Å². The van der Waals surface area contributed by atoms with Crippen LogP contribution in [0.1, 0.15) is 41.1 Å². The molecule has 43 heavy (non-hydrogen) atoms. The van der Waals surface area contributed by atoms with Crippen molar-refractivity contribution in [2.75, 3.05) is 59.9 Å². The van der Waals surface area contributed by atoms with Crippen LogP contribution in [0.25, 0.3) is 11.0 Å². The van der Waals surface area contributed by atoms with Crippen molar-refractivity contribution in [3.05, 3.63) is 76.8 Å². The Morgan fingerprint density at radius 1 is 1.05 bits per heavy atom. The number of imidazole rings is 1. The van der Waals surface area contributed by atoms with E-state index in [0.29, 0.717) is 40.4 Å². The van der Waals surface area contributed by atoms with Crippen LogP contribution in [0, 0.1) is 0 Å². The second-order valence-corrected chi connectivity index (χ2v) is 11.4. The van der Waals surface area contributed by atoms with Gasteiger partial charge in [-0.3, -0.25) is 4.79 Å². The first kappa shape index (κ1) is 30.5. The Morgan fingerprint density at radius 2 is 1.72 bits per heavy atom. The summed E-state index contributed by atoms with van der Waals surface area (Å²) in [4.78, 5) is 25.9. The zero-order chi connectivity index (χ0) is 30.3. The van der Waals surface area contributed by atoms with E-state index in [1.54, 1.807) is 38.4 Å². The fourth-order valence-corrected chi connectivity index (χ4v) is 5.92. The molecule has 228 valence electrons. The third kappa shape index (κ3) is 7.35. The summed E-state index contributed by atoms with van der Waals surface area (Å²) in [7, 11) is 6.47. The van der Waals surface area contributed by atoms with Gasteiger partial charge in [0, 0.05) is 49.2 Å². The molecule has 1 unspecified atom stereocenters. The van der Waals surface area contributed by atoms with Crippen LogP contribution < -0.4 is 19.5 Å². The van der Waals surface area contributed by atoms with Gasteiger partial charge >= 0.3 is 0 Å². The third-order valence-corrected chi connectivity index (χ3v) is 8.46. The molecule has 1 fully saturated rings. The number of H-pyrrole nitrogens is 1. The van der Waals surface area contributed by atoms with Crippen molar-refractivity contribution in [1.82, 2.24) is 19.8 Å². The van der Waals surface area contributed by atoms with Gasteiger partial charge in [0.05, 0.1) is 32.4 Å². The van der Waals surface area contributed by atoms with Gasteiger partial charge in [-0.05, 0) is 67.8 Å². The number of hydrogen-bond acceptors (Lipinski definition) is 7. The van der Waals surface area contributed by atoms with Gasteiger partial charge in [-0.1, -0.05) is 35.9 Å². The van der Waals surface area contributed by atoms with Crippen LogP contribution in [-0.4, -0.2) is 86.3 Å². The molecule has 0 saturated carbocycles. The second kappa shape index (κ2) is 14.0. The summed E-state index contributed by atoms with van der Waals surface area (Å²) >= 11 is 6.21. The summed E-state index contributed by atoms with van der Waals surface area (Å²) in [6, 6.07) is 19.8. The molecule has 1 saturated heterocycles. The van der Waals surface area contributed by atoms with Crippen molar-refractivity contribution in [2.24, 2.45) is 0 Å². The van der Waals surface area contributed by atoms with Gasteiger partial charge in [0.25, 0.3) is 5.91 Å². The molecule has 1 atom stereocenters. The highest BCUT2D eigenvalue weighted by molar-refractivity contribution is 6.30. The fraction of sp³-hybridized carbons (Fsp3) is 0.394. The highest BCUT2D eigenvalue weighted by Crippen LogP contribution is 2.38. The number of piperidine rings is 1. The van der Waals surface area contributed by atoms with E-state index in [4.69, 9.17) is 25.8 Å². The van der Waals surface area contributed by atoms with E-state index < -0.39 is 0 Å². The summed E-state index contributed by atoms with van der Waals surface area (Å²) in [5.74, 6) is 2.22. The number of fused-ring (bicyclic) bond motifs is 1. The number of rotatable bonds is 12. The maximum Gasteiger partial charge on any atom is 0.253 e. The van der Waals surface area contributed by atoms with Crippen molar-refractivity contribution in [2.45, 2.75) is 31.2 Å². The van der Waals surface area contributed by atoms with E-state index in [1.165, 1.54) is 0 Å². The SMILES string of the molecule is COc1cc(C(=O)N(C)CC(CCN2CCC(Nc3nc4ccccc4[nH]3)CC2)c2ccc(Cl)cc2)cc(OC)c1OC. The highest BCUT2D eigenvalue weighted by Gasteiger charge is 2.25. The van der Waals surface area contributed by atoms with E-state index in [9.17, 15) is 4.79 Å². The first-order valence-electron chi connectivity index (χ1n) is 14.6. The zero-order valence-electron chi connectivity index (χ0n) is 25.2. The summed E-state index contributed by atoms with van der Waals surface area (Å²) < 4.78 is 16.4. The van der Waals surface area contributed by atoms with Gasteiger partial charge in [0.2, 0.25) is 11.7 Å². The van der Waals surface area contributed by atoms with Gasteiger partial charge in [-0.2, -0.15) is 0 Å². The summed E-state index contributed by atoms with van der Waals surface area (Å²) in [5.41, 5.74) is 3.66. The van der Waals surface area contributed by atoms with Crippen LogP contribution in [0.5, 0.6) is 17.2 Å². The molecular weight excluding hydrogens is 566 g/mol. The Labute approximate surface area is 258 Å². The van der Waals surface area contributed by atoms with Crippen LogP contribution >= 0.6 is 11.6 Å². The molecule has 1 aliphatic rings. The summed E-state index contributed by atoms with van der Waals surface area (Å²) in [5, 5.41) is 4.29. The smallest absolute Gasteiger partial charge is 0.253 e. The number of carbonyl (C=O) groups is 1. The van der Waals surface area contributed by atoms with E-state index in [2.05, 4.69) is 32.3 Å². The number of nitrogens with one attached hydrogen (secondary N) is 2. The van der Waals surface area contributed by atoms with E-state index >= 15 is 0 Å². The molecule has 0 bridgehead atoms. The minimum Gasteiger partial charge on any atom is -0.493 e. The van der Waals surface area contributed by atoms with Gasteiger partial charge < -0.3 is 34.3 Å². The first-order chi connectivity index (χ1) is 20.9. The number of ether oxygens (including phenoxy) is 3. The number of likely N-dealkylation sites (N-methyl/N-ethyl adjacent to an activating group) is 1. The lowest BCUT2D eigenvalue weighted by molar-refractivity contribution is 0.0781. The van der Waals surface area contributed by atoms with Gasteiger partial charge in [-0.25, -0.2) is 4.98 Å². The van der Waals surface area contributed by atoms with Crippen LogP contribution in [0.3, 0.4) is 0 Å². The molecule has 1 aliphatic heterocycles. The number of likely N-dealkylation sites (tertiary alicyclic amines) is 1. The molecular formula is C33H40ClN5O4. The number of para-hydroxylation sites is 2. The molecule has 0 spiro atoms. The standard InChI is InChI=1S/C33H40ClN5O4/c1-38(32(40)24-19-29(41-2)31(43-4)30(20-24)42-3)21-23(22-9-11-25(34)12-10-22)13-16-39-17-14-26(15-18-39)35-33-36-27-7-5-6-8-28(27)37-33/h5-12,19-20,23,26H,13-18,21H2,1-4H3,(H2,35,36,37). The number of anilines is 1. The van der Waals surface area contributed by atoms with Crippen molar-refractivity contribution in [3.63, 3.8) is 0 Å². The van der Waals surface area contributed by atoms with Gasteiger partial charge in [-0.15, -0.1) is 0 Å². The van der Waals surface area contributed by atoms with Crippen LogP contribution in [0.15, 0.2) is 60.7 Å². The van der Waals surface area contributed by atoms with Crippen molar-refractivity contribution < 1.29 is 19.0 Å². The first-order valence-corrected chi connectivity index (χ1v) is 15.0. The normalized spacial score (nSPS) is 14.8. The van der Waals surface area contributed by atoms with Crippen molar-refractivity contribution in [3.8, 4) is 17.2 Å². The van der Waals surface area contributed by atoms with Gasteiger partial charge in [0.1, 0.15) is 0 Å². The number of halogens is 1. The lowest BCUT2D eigenvalue weighted by atomic mass is 9.94. The number of nitrogens with zero attached hydrogens (tertiary/aromatic N) is 3. The average Bonchev–Trinajstić information content (AvgIpc) is 3.45. The van der Waals surface area contributed by atoms with Gasteiger partial charge in [0.15, 0.2) is 11.5 Å². The Bertz CT molecular complexity index is 1460. The third-order valence-electron chi connectivity index (χ3n) is 8.21. The molecule has 0 radical (unpaired) electrons. The molecule has 9 nitrogen and oxygen atoms in total. The lowest BCUT2D eigenvalue weighted by Crippen LogP contribution is -2.40. The van der Waals surface area contributed by atoms with Crippen LogP contribution in [0.4, 0.5) is 5.95 Å². The summed E-state index contributed by atoms with van der Waals surface area (Å²) in [6.45, 7) is 3.51. The number of amides is 1. The Morgan fingerprint density at radius 3 is 2.35 bits per heavy atom. The minimum atomic E-state index is -0.115. The van der Waals surface area contributed by atoms with Crippen molar-refractivity contribution in [1.29, 1.82) is 0 Å². The second-order valence-electron chi connectivity index (χ2n) is 11.0. The predicted octanol–water partition coefficient (Wildman–Crippen LogP) is 6.06. The maximum absolute atomic E-state index is 13.6. The number of aromatic nitrogens is 2. The molecule has 0 aliphatic carbocycles. The highest BCUT2D eigenvalue weighted by atomic mass is 35.5. The lowest BCUT2D eigenvalue weighted by Gasteiger charge is -2.34. The molecule has 1 aromatic heterocycles. The molecule has 1 amide bonds. The number of hydrogen-bond donors (Lipinski definition) is 2. The fourth-order valence-electron chi connectivity index (χ4n) is 5.79. The minimum absolute atomic E-state index is 0.115. The Hall–Kier alpha value is -3.95. The van der Waals surface area contributed by atoms with E-state index in [-0.39, 0.29) is 11.8 Å². The van der Waals surface area contributed by atoms with E-state index in [0.717, 1.165) is 61.4 Å². The largest absolute Gasteiger partial charge is 0.493 e. The molecule has 10 heteroatoms. The maximum atomic E-state index is 13.6. The number of carbonyl (C=O) groups excluding carboxylic acids is 1. The molecule has 5 rings (SSSR count). The average molecular weight is 606 g/mol. The Kier molecular flexibility index (Phi) is 9.94. The quantitative estimate of drug-likeness (QED) is 0.203. The molecule has 2 N–H and O–H groups in total. The topological polar surface area (TPSA) is 92.0 Å². The summed E-state index contributed by atoms with van der Waals surface area (Å²) in [6.07, 6.45) is 3.00. The molecule has 2 heterocycles. The van der Waals surface area contributed by atoms with Crippen molar-refractivity contribution >= 4 is 34.5 Å². The van der Waals surface area contributed by atoms with Crippen LogP contribution in [0.2, 0.25) is 5.02 Å². The van der Waals surface area contributed by atoms with E-state index in [1.807, 2.05) is 43.4 Å². The number of methoxy groups -OCH3 is 3. The predicted molar refractivity (Wildman–Crippen MR) is 171 cm³/mol. The monoisotopic (exact) mass is 605 g/mol. The Balaban J connectivity index is 1.21. The number of aromatic amines is 1. The number of benzene rings is 3. The zero-order valence-corrected chi connectivity index (χ0v) is 26.0.